The largest absolute Gasteiger partial charge is 0.309 e. The van der Waals surface area contributed by atoms with Crippen molar-refractivity contribution in [3.63, 3.8) is 0 Å². The van der Waals surface area contributed by atoms with E-state index in [9.17, 15) is 13.2 Å². The van der Waals surface area contributed by atoms with E-state index in [4.69, 9.17) is 0 Å². The number of hydrogen-bond acceptors (Lipinski definition) is 4. The minimum absolute atomic E-state index is 0.121. The van der Waals surface area contributed by atoms with Crippen LogP contribution < -0.4 is 4.72 Å². The summed E-state index contributed by atoms with van der Waals surface area (Å²) in [6, 6.07) is 6.09. The van der Waals surface area contributed by atoms with Gasteiger partial charge in [-0.25, -0.2) is 13.1 Å². The summed E-state index contributed by atoms with van der Waals surface area (Å²) in [6.07, 6.45) is 0. The molecular weight excluding hydrogens is 288 g/mol. The fourth-order valence-electron chi connectivity index (χ4n) is 2.17. The number of nitrogens with one attached hydrogen (secondary N) is 1. The van der Waals surface area contributed by atoms with Crippen LogP contribution in [0.3, 0.4) is 0 Å². The Morgan fingerprint density at radius 1 is 1.29 bits per heavy atom. The normalized spacial score (nSPS) is 12.7. The highest BCUT2D eigenvalue weighted by atomic mass is 32.2. The second-order valence-electron chi connectivity index (χ2n) is 6.31. The molecule has 0 aliphatic rings. The van der Waals surface area contributed by atoms with E-state index in [2.05, 4.69) is 4.72 Å². The van der Waals surface area contributed by atoms with E-state index >= 15 is 0 Å². The molecule has 1 rings (SSSR count). The van der Waals surface area contributed by atoms with E-state index in [1.165, 1.54) is 19.1 Å². The Balaban J connectivity index is 2.87. The molecule has 0 fully saturated rings. The Bertz CT molecular complexity index is 607. The van der Waals surface area contributed by atoms with Crippen molar-refractivity contribution in [2.75, 3.05) is 27.2 Å². The minimum Gasteiger partial charge on any atom is -0.309 e. The highest BCUT2D eigenvalue weighted by molar-refractivity contribution is 7.89. The average Bonchev–Trinajstić information content (AvgIpc) is 2.35. The lowest BCUT2D eigenvalue weighted by Crippen LogP contribution is -2.39. The zero-order chi connectivity index (χ0) is 16.3. The van der Waals surface area contributed by atoms with Gasteiger partial charge in [-0.1, -0.05) is 26.0 Å². The molecule has 5 nitrogen and oxygen atoms in total. The molecule has 1 N–H and O–H groups in total. The summed E-state index contributed by atoms with van der Waals surface area (Å²) in [5, 5.41) is 0. The molecule has 118 valence electrons. The molecule has 6 heteroatoms. The van der Waals surface area contributed by atoms with Gasteiger partial charge in [0.15, 0.2) is 5.78 Å². The summed E-state index contributed by atoms with van der Waals surface area (Å²) in [5.74, 6) is -0.153. The number of nitrogens with zero attached hydrogens (tertiary/aromatic N) is 1. The van der Waals surface area contributed by atoms with Gasteiger partial charge < -0.3 is 4.90 Å². The summed E-state index contributed by atoms with van der Waals surface area (Å²) >= 11 is 0. The first-order valence-electron chi connectivity index (χ1n) is 6.79. The fourth-order valence-corrected chi connectivity index (χ4v) is 3.46. The van der Waals surface area contributed by atoms with Crippen molar-refractivity contribution in [2.45, 2.75) is 25.7 Å². The predicted molar refractivity (Wildman–Crippen MR) is 84.0 cm³/mol. The SMILES string of the molecule is CC(=O)c1cccc(S(=O)(=O)NCC(C)(C)CN(C)C)c1. The van der Waals surface area contributed by atoms with Gasteiger partial charge in [0.1, 0.15) is 0 Å². The Morgan fingerprint density at radius 3 is 2.43 bits per heavy atom. The Hall–Kier alpha value is -1.24. The monoisotopic (exact) mass is 312 g/mol. The van der Waals surface area contributed by atoms with Crippen LogP contribution in [0.25, 0.3) is 0 Å². The fraction of sp³-hybridized carbons (Fsp3) is 0.533. The zero-order valence-corrected chi connectivity index (χ0v) is 14.1. The van der Waals surface area contributed by atoms with Crippen LogP contribution in [-0.4, -0.2) is 46.3 Å². The van der Waals surface area contributed by atoms with Crippen molar-refractivity contribution in [3.05, 3.63) is 29.8 Å². The predicted octanol–water partition coefficient (Wildman–Crippen LogP) is 1.76. The minimum atomic E-state index is -3.61. The molecule has 1 aromatic carbocycles. The number of benzene rings is 1. The van der Waals surface area contributed by atoms with Crippen LogP contribution >= 0.6 is 0 Å². The summed E-state index contributed by atoms with van der Waals surface area (Å²) in [5.41, 5.74) is 0.208. The van der Waals surface area contributed by atoms with Crippen LogP contribution in [0.2, 0.25) is 0 Å². The number of hydrogen-bond donors (Lipinski definition) is 1. The summed E-state index contributed by atoms with van der Waals surface area (Å²) in [6.45, 7) is 6.52. The first kappa shape index (κ1) is 17.8. The number of ketones is 1. The summed E-state index contributed by atoms with van der Waals surface area (Å²) in [7, 11) is 0.296. The first-order chi connectivity index (χ1) is 9.53. The standard InChI is InChI=1S/C15H24N2O3S/c1-12(18)13-7-6-8-14(9-13)21(19,20)16-10-15(2,3)11-17(4)5/h6-9,16H,10-11H2,1-5H3. The molecule has 0 unspecified atom stereocenters. The molecule has 1 aromatic rings. The highest BCUT2D eigenvalue weighted by Gasteiger charge is 2.23. The van der Waals surface area contributed by atoms with Gasteiger partial charge in [-0.2, -0.15) is 0 Å². The molecule has 0 spiro atoms. The van der Waals surface area contributed by atoms with Crippen LogP contribution in [0, 0.1) is 5.41 Å². The maximum atomic E-state index is 12.3. The molecule has 0 aromatic heterocycles. The van der Waals surface area contributed by atoms with Gasteiger partial charge in [-0.3, -0.25) is 4.79 Å². The van der Waals surface area contributed by atoms with Crippen molar-refractivity contribution in [1.29, 1.82) is 0 Å². The van der Waals surface area contributed by atoms with E-state index in [-0.39, 0.29) is 16.1 Å². The van der Waals surface area contributed by atoms with Crippen LogP contribution in [0.15, 0.2) is 29.2 Å². The van der Waals surface area contributed by atoms with Gasteiger partial charge in [0, 0.05) is 18.7 Å². The molecule has 0 aliphatic heterocycles. The Morgan fingerprint density at radius 2 is 1.90 bits per heavy atom. The van der Waals surface area contributed by atoms with E-state index in [1.807, 2.05) is 32.8 Å². The van der Waals surface area contributed by atoms with Crippen LogP contribution in [0.5, 0.6) is 0 Å². The van der Waals surface area contributed by atoms with Gasteiger partial charge in [-0.05, 0) is 38.6 Å². The lowest BCUT2D eigenvalue weighted by atomic mass is 9.93. The Labute approximate surface area is 127 Å². The Kier molecular flexibility index (Phi) is 5.67. The number of Topliss-reactive ketones (excluding diaryl/α,β-unsaturated/α-hetero) is 1. The van der Waals surface area contributed by atoms with Crippen molar-refractivity contribution in [1.82, 2.24) is 9.62 Å². The van der Waals surface area contributed by atoms with Crippen molar-refractivity contribution >= 4 is 15.8 Å². The molecule has 0 bridgehead atoms. The van der Waals surface area contributed by atoms with Crippen LogP contribution in [-0.2, 0) is 10.0 Å². The molecule has 0 heterocycles. The maximum absolute atomic E-state index is 12.3. The third-order valence-corrected chi connectivity index (χ3v) is 4.43. The van der Waals surface area contributed by atoms with E-state index in [0.717, 1.165) is 6.54 Å². The number of rotatable bonds is 7. The highest BCUT2D eigenvalue weighted by Crippen LogP contribution is 2.17. The first-order valence-corrected chi connectivity index (χ1v) is 8.27. The zero-order valence-electron chi connectivity index (χ0n) is 13.3. The third-order valence-electron chi connectivity index (χ3n) is 3.04. The van der Waals surface area contributed by atoms with Crippen LogP contribution in [0.4, 0.5) is 0 Å². The topological polar surface area (TPSA) is 66.5 Å². The van der Waals surface area contributed by atoms with E-state index in [1.54, 1.807) is 12.1 Å². The van der Waals surface area contributed by atoms with Crippen LogP contribution in [0.1, 0.15) is 31.1 Å². The third kappa shape index (κ3) is 5.57. The van der Waals surface area contributed by atoms with Gasteiger partial charge in [-0.15, -0.1) is 0 Å². The molecule has 0 aliphatic carbocycles. The number of carbonyl (C=O) groups excluding carboxylic acids is 1. The smallest absolute Gasteiger partial charge is 0.240 e. The van der Waals surface area contributed by atoms with E-state index in [0.29, 0.717) is 12.1 Å². The van der Waals surface area contributed by atoms with Gasteiger partial charge in [0.2, 0.25) is 10.0 Å². The maximum Gasteiger partial charge on any atom is 0.240 e. The second kappa shape index (κ2) is 6.68. The van der Waals surface area contributed by atoms with Crippen molar-refractivity contribution < 1.29 is 13.2 Å². The molecule has 21 heavy (non-hydrogen) atoms. The lowest BCUT2D eigenvalue weighted by Gasteiger charge is -2.28. The van der Waals surface area contributed by atoms with Gasteiger partial charge in [0.05, 0.1) is 4.90 Å². The molecule has 0 saturated heterocycles. The summed E-state index contributed by atoms with van der Waals surface area (Å²) in [4.78, 5) is 13.5. The molecule has 0 saturated carbocycles. The number of sulfonamides is 1. The van der Waals surface area contributed by atoms with Crippen molar-refractivity contribution in [3.8, 4) is 0 Å². The summed E-state index contributed by atoms with van der Waals surface area (Å²) < 4.78 is 27.2. The molecule has 0 radical (unpaired) electrons. The molecule has 0 amide bonds. The van der Waals surface area contributed by atoms with Gasteiger partial charge >= 0.3 is 0 Å². The van der Waals surface area contributed by atoms with Gasteiger partial charge in [0.25, 0.3) is 0 Å². The average molecular weight is 312 g/mol. The molecule has 0 atom stereocenters. The van der Waals surface area contributed by atoms with Crippen molar-refractivity contribution in [2.24, 2.45) is 5.41 Å². The molecular formula is C15H24N2O3S. The number of carbonyl (C=O) groups is 1. The van der Waals surface area contributed by atoms with E-state index < -0.39 is 10.0 Å². The second-order valence-corrected chi connectivity index (χ2v) is 8.08. The lowest BCUT2D eigenvalue weighted by molar-refractivity contribution is 0.101. The quantitative estimate of drug-likeness (QED) is 0.779.